The van der Waals surface area contributed by atoms with Gasteiger partial charge in [-0.2, -0.15) is 0 Å². The molecule has 0 spiro atoms. The summed E-state index contributed by atoms with van der Waals surface area (Å²) in [5, 5.41) is 0. The molecule has 1 aliphatic rings. The van der Waals surface area contributed by atoms with Crippen molar-refractivity contribution >= 4 is 17.9 Å². The molecule has 4 rings (SSSR count). The van der Waals surface area contributed by atoms with Gasteiger partial charge >= 0.3 is 17.9 Å². The average molecular weight is 659 g/mol. The monoisotopic (exact) mass is 658 g/mol. The highest BCUT2D eigenvalue weighted by Crippen LogP contribution is 2.42. The van der Waals surface area contributed by atoms with Crippen LogP contribution >= 0.6 is 0 Å². The van der Waals surface area contributed by atoms with Gasteiger partial charge in [-0.15, -0.1) is 0 Å². The Morgan fingerprint density at radius 1 is 0.553 bits per heavy atom. The molecule has 0 amide bonds. The van der Waals surface area contributed by atoms with E-state index in [4.69, 9.17) is 56.8 Å². The van der Waals surface area contributed by atoms with E-state index < -0.39 is 37.2 Å². The van der Waals surface area contributed by atoms with Crippen molar-refractivity contribution in [3.05, 3.63) is 53.1 Å². The number of esters is 3. The normalized spacial score (nSPS) is 11.9. The maximum Gasteiger partial charge on any atom is 0.338 e. The Morgan fingerprint density at radius 3 is 1.38 bits per heavy atom. The van der Waals surface area contributed by atoms with E-state index in [1.54, 1.807) is 0 Å². The van der Waals surface area contributed by atoms with E-state index in [1.165, 1.54) is 86.2 Å². The van der Waals surface area contributed by atoms with Gasteiger partial charge in [0.1, 0.15) is 13.2 Å². The number of carbonyl (C=O) groups is 3. The first-order chi connectivity index (χ1) is 22.7. The third-order valence-electron chi connectivity index (χ3n) is 6.77. The molecule has 0 N–H and O–H groups in total. The number of benzene rings is 3. The quantitative estimate of drug-likeness (QED) is 0.171. The van der Waals surface area contributed by atoms with Crippen molar-refractivity contribution in [3.63, 3.8) is 0 Å². The smallest absolute Gasteiger partial charge is 0.338 e. The Labute approximate surface area is 269 Å². The molecule has 1 aliphatic heterocycles. The number of rotatable bonds is 15. The van der Waals surface area contributed by atoms with E-state index in [0.717, 1.165) is 0 Å². The molecule has 0 aliphatic carbocycles. The van der Waals surface area contributed by atoms with Crippen molar-refractivity contribution in [2.75, 3.05) is 69.8 Å². The summed E-state index contributed by atoms with van der Waals surface area (Å²) in [7, 11) is 9.83. The molecular weight excluding hydrogens is 624 g/mol. The second-order valence-electron chi connectivity index (χ2n) is 9.46. The van der Waals surface area contributed by atoms with Crippen LogP contribution in [0.1, 0.15) is 31.1 Å². The highest BCUT2D eigenvalue weighted by molar-refractivity contribution is 5.93. The van der Waals surface area contributed by atoms with Crippen molar-refractivity contribution in [2.45, 2.75) is 6.10 Å². The predicted molar refractivity (Wildman–Crippen MR) is 161 cm³/mol. The van der Waals surface area contributed by atoms with Gasteiger partial charge < -0.3 is 56.8 Å². The first-order valence-electron chi connectivity index (χ1n) is 13.8. The standard InChI is InChI=1S/C32H34O15/c1-36-21-8-17(9-22(37-2)27(21)41-6)30(33)43-14-20(47-32(35)19-11-23(38-3)28(42-7)24(12-19)39-4)15-44-31(34)18-10-25(40-5)29-26(13-18)45-16-46-29/h8-13,20H,14-16H2,1-7H3. The Hall–Kier alpha value is -5.73. The topological polar surface area (TPSA) is 162 Å². The second-order valence-corrected chi connectivity index (χ2v) is 9.46. The number of hydrogen-bond acceptors (Lipinski definition) is 15. The molecule has 0 bridgehead atoms. The largest absolute Gasteiger partial charge is 0.493 e. The lowest BCUT2D eigenvalue weighted by Crippen LogP contribution is -2.31. The molecule has 0 saturated heterocycles. The van der Waals surface area contributed by atoms with Crippen molar-refractivity contribution in [2.24, 2.45) is 0 Å². The van der Waals surface area contributed by atoms with Crippen molar-refractivity contribution < 1.29 is 71.2 Å². The van der Waals surface area contributed by atoms with Crippen molar-refractivity contribution in [1.29, 1.82) is 0 Å². The van der Waals surface area contributed by atoms with Gasteiger partial charge in [-0.25, -0.2) is 14.4 Å². The lowest BCUT2D eigenvalue weighted by atomic mass is 10.1. The molecule has 15 nitrogen and oxygen atoms in total. The summed E-state index contributed by atoms with van der Waals surface area (Å²) in [5.74, 6) is -0.201. The van der Waals surface area contributed by atoms with Gasteiger partial charge in [-0.3, -0.25) is 0 Å². The molecule has 15 heteroatoms. The summed E-state index contributed by atoms with van der Waals surface area (Å²) in [6, 6.07) is 8.40. The molecule has 1 unspecified atom stereocenters. The van der Waals surface area contributed by atoms with E-state index in [9.17, 15) is 14.4 Å². The van der Waals surface area contributed by atoms with Crippen LogP contribution in [0, 0.1) is 0 Å². The minimum Gasteiger partial charge on any atom is -0.493 e. The van der Waals surface area contributed by atoms with E-state index >= 15 is 0 Å². The maximum atomic E-state index is 13.3. The van der Waals surface area contributed by atoms with Gasteiger partial charge in [0.25, 0.3) is 0 Å². The molecular formula is C32H34O15. The molecule has 1 heterocycles. The number of hydrogen-bond donors (Lipinski definition) is 0. The fourth-order valence-electron chi connectivity index (χ4n) is 4.48. The molecule has 0 fully saturated rings. The Morgan fingerprint density at radius 2 is 0.957 bits per heavy atom. The molecule has 3 aromatic rings. The van der Waals surface area contributed by atoms with Gasteiger partial charge in [-0.1, -0.05) is 0 Å². The zero-order valence-corrected chi connectivity index (χ0v) is 26.8. The molecule has 0 aromatic heterocycles. The Bertz CT molecular complexity index is 1570. The molecule has 47 heavy (non-hydrogen) atoms. The van der Waals surface area contributed by atoms with Crippen molar-refractivity contribution in [1.82, 2.24) is 0 Å². The third-order valence-corrected chi connectivity index (χ3v) is 6.77. The van der Waals surface area contributed by atoms with Gasteiger partial charge in [0, 0.05) is 0 Å². The molecule has 0 radical (unpaired) electrons. The van der Waals surface area contributed by atoms with E-state index in [-0.39, 0.29) is 63.7 Å². The van der Waals surface area contributed by atoms with Crippen LogP contribution in [0.5, 0.6) is 51.7 Å². The van der Waals surface area contributed by atoms with Gasteiger partial charge in [0.2, 0.25) is 24.0 Å². The number of methoxy groups -OCH3 is 7. The van der Waals surface area contributed by atoms with Crippen LogP contribution in [0.2, 0.25) is 0 Å². The lowest BCUT2D eigenvalue weighted by molar-refractivity contribution is -0.0254. The molecule has 252 valence electrons. The van der Waals surface area contributed by atoms with Crippen molar-refractivity contribution in [3.8, 4) is 51.7 Å². The van der Waals surface area contributed by atoms with E-state index in [2.05, 4.69) is 0 Å². The summed E-state index contributed by atoms with van der Waals surface area (Å²) in [6.45, 7) is -1.06. The first kappa shape index (κ1) is 34.1. The van der Waals surface area contributed by atoms with Crippen LogP contribution in [0.4, 0.5) is 0 Å². The summed E-state index contributed by atoms with van der Waals surface area (Å²) in [4.78, 5) is 39.5. The summed E-state index contributed by atoms with van der Waals surface area (Å²) < 4.78 is 64.5. The Kier molecular flexibility index (Phi) is 11.3. The number of carbonyl (C=O) groups excluding carboxylic acids is 3. The van der Waals surface area contributed by atoms with Gasteiger partial charge in [-0.05, 0) is 36.4 Å². The highest BCUT2D eigenvalue weighted by atomic mass is 16.7. The minimum atomic E-state index is -1.27. The van der Waals surface area contributed by atoms with E-state index in [1.807, 2.05) is 0 Å². The lowest BCUT2D eigenvalue weighted by Gasteiger charge is -2.20. The molecule has 0 saturated carbocycles. The zero-order chi connectivity index (χ0) is 34.1. The first-order valence-corrected chi connectivity index (χ1v) is 13.8. The van der Waals surface area contributed by atoms with Crippen LogP contribution in [-0.2, 0) is 14.2 Å². The van der Waals surface area contributed by atoms with Crippen LogP contribution < -0.4 is 42.6 Å². The summed E-state index contributed by atoms with van der Waals surface area (Å²) in [5.41, 5.74) is 0.154. The van der Waals surface area contributed by atoms with Crippen LogP contribution in [0.15, 0.2) is 36.4 Å². The average Bonchev–Trinajstić information content (AvgIpc) is 3.59. The fraction of sp³-hybridized carbons (Fsp3) is 0.344. The highest BCUT2D eigenvalue weighted by Gasteiger charge is 2.27. The SMILES string of the molecule is COc1cc(C(=O)OCC(COC(=O)c2cc(OC)c3c(c2)OCO3)OC(=O)c2cc(OC)c(OC)c(OC)c2)cc(OC)c1OC. The van der Waals surface area contributed by atoms with Gasteiger partial charge in [0.15, 0.2) is 40.6 Å². The fourth-order valence-corrected chi connectivity index (χ4v) is 4.48. The van der Waals surface area contributed by atoms with Gasteiger partial charge in [0.05, 0.1) is 66.5 Å². The number of fused-ring (bicyclic) bond motifs is 1. The van der Waals surface area contributed by atoms with Crippen LogP contribution in [0.25, 0.3) is 0 Å². The summed E-state index contributed by atoms with van der Waals surface area (Å²) >= 11 is 0. The van der Waals surface area contributed by atoms with Crippen LogP contribution in [-0.4, -0.2) is 93.8 Å². The number of ether oxygens (including phenoxy) is 12. The van der Waals surface area contributed by atoms with Crippen LogP contribution in [0.3, 0.4) is 0 Å². The maximum absolute atomic E-state index is 13.3. The van der Waals surface area contributed by atoms with E-state index in [0.29, 0.717) is 11.5 Å². The molecule has 3 aromatic carbocycles. The zero-order valence-electron chi connectivity index (χ0n) is 26.8. The predicted octanol–water partition coefficient (Wildman–Crippen LogP) is 3.71. The minimum absolute atomic E-state index is 0.0206. The second kappa shape index (κ2) is 15.5. The molecule has 1 atom stereocenters. The Balaban J connectivity index is 1.57. The third kappa shape index (κ3) is 7.57. The summed E-state index contributed by atoms with van der Waals surface area (Å²) in [6.07, 6.45) is -1.27.